The Morgan fingerprint density at radius 2 is 1.87 bits per heavy atom. The van der Waals surface area contributed by atoms with E-state index in [1.807, 2.05) is 6.92 Å². The van der Waals surface area contributed by atoms with Gasteiger partial charge in [0.05, 0.1) is 5.69 Å². The van der Waals surface area contributed by atoms with E-state index in [1.165, 1.54) is 38.0 Å². The minimum atomic E-state index is 1.03. The van der Waals surface area contributed by atoms with Crippen LogP contribution in [0.3, 0.4) is 0 Å². The van der Waals surface area contributed by atoms with Crippen molar-refractivity contribution in [2.75, 3.05) is 19.6 Å². The molecule has 0 unspecified atom stereocenters. The summed E-state index contributed by atoms with van der Waals surface area (Å²) < 4.78 is 2.14. The van der Waals surface area contributed by atoms with Crippen LogP contribution in [0.2, 0.25) is 0 Å². The van der Waals surface area contributed by atoms with Gasteiger partial charge in [-0.1, -0.05) is 6.42 Å². The number of rotatable bonds is 3. The van der Waals surface area contributed by atoms with Crippen molar-refractivity contribution in [2.24, 2.45) is 0 Å². The number of aryl methyl sites for hydroxylation is 1. The number of nitrogens with zero attached hydrogens (tertiary/aromatic N) is 3. The molecule has 1 aliphatic heterocycles. The molecule has 1 saturated heterocycles. The molecule has 2 rings (SSSR count). The van der Waals surface area contributed by atoms with E-state index in [0.29, 0.717) is 0 Å². The zero-order valence-corrected chi connectivity index (χ0v) is 9.79. The van der Waals surface area contributed by atoms with Crippen LogP contribution < -0.4 is 0 Å². The van der Waals surface area contributed by atoms with Crippen LogP contribution in [0, 0.1) is 20.2 Å². The van der Waals surface area contributed by atoms with Gasteiger partial charge in [0.25, 0.3) is 0 Å². The minimum Gasteiger partial charge on any atom is -0.324 e. The van der Waals surface area contributed by atoms with Crippen molar-refractivity contribution in [3.63, 3.8) is 0 Å². The normalized spacial score (nSPS) is 18.3. The predicted molar refractivity (Wildman–Crippen MR) is 60.8 cm³/mol. The van der Waals surface area contributed by atoms with Crippen molar-refractivity contribution in [3.8, 4) is 0 Å². The van der Waals surface area contributed by atoms with Crippen LogP contribution in [-0.2, 0) is 6.54 Å². The van der Waals surface area contributed by atoms with Gasteiger partial charge in [0.1, 0.15) is 0 Å². The molecule has 2 heterocycles. The number of imidazole rings is 1. The highest BCUT2D eigenvalue weighted by Gasteiger charge is 2.10. The van der Waals surface area contributed by atoms with E-state index in [-0.39, 0.29) is 0 Å². The molecule has 0 aromatic carbocycles. The highest BCUT2D eigenvalue weighted by Crippen LogP contribution is 2.09. The van der Waals surface area contributed by atoms with Gasteiger partial charge in [-0.15, -0.1) is 0 Å². The Balaban J connectivity index is 1.84. The summed E-state index contributed by atoms with van der Waals surface area (Å²) in [6, 6.07) is 0. The molecule has 3 nitrogen and oxygen atoms in total. The molecule has 0 amide bonds. The van der Waals surface area contributed by atoms with Crippen LogP contribution in [0.5, 0.6) is 0 Å². The summed E-state index contributed by atoms with van der Waals surface area (Å²) in [5.74, 6) is 0. The number of likely N-dealkylation sites (tertiary alicyclic amines) is 1. The maximum Gasteiger partial charge on any atom is 0.176 e. The Morgan fingerprint density at radius 1 is 1.13 bits per heavy atom. The van der Waals surface area contributed by atoms with Gasteiger partial charge in [0.15, 0.2) is 6.33 Å². The summed E-state index contributed by atoms with van der Waals surface area (Å²) in [6.45, 7) is 8.89. The van der Waals surface area contributed by atoms with Gasteiger partial charge in [0, 0.05) is 18.8 Å². The SMILES string of the molecule is Cc1n[c]n(CCN2CCCCC2)c1C. The van der Waals surface area contributed by atoms with Gasteiger partial charge in [0.2, 0.25) is 0 Å². The summed E-state index contributed by atoms with van der Waals surface area (Å²) >= 11 is 0. The van der Waals surface area contributed by atoms with Crippen LogP contribution in [0.15, 0.2) is 0 Å². The predicted octanol–water partition coefficient (Wildman–Crippen LogP) is 1.79. The van der Waals surface area contributed by atoms with Crippen LogP contribution in [0.4, 0.5) is 0 Å². The second-order valence-corrected chi connectivity index (χ2v) is 4.44. The van der Waals surface area contributed by atoms with Crippen LogP contribution in [0.25, 0.3) is 0 Å². The molecule has 15 heavy (non-hydrogen) atoms. The first kappa shape index (κ1) is 10.7. The highest BCUT2D eigenvalue weighted by molar-refractivity contribution is 5.07. The Hall–Kier alpha value is -0.830. The maximum absolute atomic E-state index is 4.20. The molecular formula is C12H20N3. The molecule has 1 aromatic heterocycles. The van der Waals surface area contributed by atoms with Crippen molar-refractivity contribution in [2.45, 2.75) is 39.7 Å². The molecule has 0 atom stereocenters. The molecule has 0 spiro atoms. The fourth-order valence-corrected chi connectivity index (χ4v) is 2.13. The molecule has 1 radical (unpaired) electrons. The van der Waals surface area contributed by atoms with Gasteiger partial charge >= 0.3 is 0 Å². The van der Waals surface area contributed by atoms with E-state index in [9.17, 15) is 0 Å². The lowest BCUT2D eigenvalue weighted by Gasteiger charge is -2.26. The van der Waals surface area contributed by atoms with Gasteiger partial charge < -0.3 is 9.47 Å². The summed E-state index contributed by atoms with van der Waals surface area (Å²) in [6.07, 6.45) is 7.20. The van der Waals surface area contributed by atoms with E-state index in [1.54, 1.807) is 0 Å². The average molecular weight is 206 g/mol. The summed E-state index contributed by atoms with van der Waals surface area (Å²) in [5, 5.41) is 0. The summed E-state index contributed by atoms with van der Waals surface area (Å²) in [5.41, 5.74) is 2.36. The van der Waals surface area contributed by atoms with Gasteiger partial charge in [-0.25, -0.2) is 4.98 Å². The molecule has 0 bridgehead atoms. The van der Waals surface area contributed by atoms with Crippen molar-refractivity contribution in [3.05, 3.63) is 17.7 Å². The lowest BCUT2D eigenvalue weighted by atomic mass is 10.1. The Kier molecular flexibility index (Phi) is 3.41. The van der Waals surface area contributed by atoms with Crippen molar-refractivity contribution >= 4 is 0 Å². The average Bonchev–Trinajstić information content (AvgIpc) is 2.59. The first-order valence-corrected chi connectivity index (χ1v) is 5.91. The zero-order chi connectivity index (χ0) is 10.7. The van der Waals surface area contributed by atoms with Gasteiger partial charge in [-0.3, -0.25) is 0 Å². The molecule has 3 heteroatoms. The number of piperidine rings is 1. The van der Waals surface area contributed by atoms with Crippen LogP contribution in [0.1, 0.15) is 30.7 Å². The fourth-order valence-electron chi connectivity index (χ4n) is 2.13. The third kappa shape index (κ3) is 2.59. The fraction of sp³-hybridized carbons (Fsp3) is 0.750. The summed E-state index contributed by atoms with van der Waals surface area (Å²) in [7, 11) is 0. The zero-order valence-electron chi connectivity index (χ0n) is 9.79. The third-order valence-electron chi connectivity index (χ3n) is 3.36. The first-order chi connectivity index (χ1) is 7.27. The van der Waals surface area contributed by atoms with Crippen LogP contribution >= 0.6 is 0 Å². The number of aromatic nitrogens is 2. The first-order valence-electron chi connectivity index (χ1n) is 5.91. The molecule has 0 aliphatic carbocycles. The van der Waals surface area contributed by atoms with Crippen molar-refractivity contribution < 1.29 is 0 Å². The Labute approximate surface area is 92.1 Å². The van der Waals surface area contributed by atoms with E-state index >= 15 is 0 Å². The Bertz CT molecular complexity index is 311. The van der Waals surface area contributed by atoms with Gasteiger partial charge in [-0.2, -0.15) is 0 Å². The number of hydrogen-bond donors (Lipinski definition) is 0. The quantitative estimate of drug-likeness (QED) is 0.751. The third-order valence-corrected chi connectivity index (χ3v) is 3.36. The minimum absolute atomic E-state index is 1.03. The standard InChI is InChI=1S/C12H20N3/c1-11-12(2)15(10-13-11)9-8-14-6-4-3-5-7-14/h3-9H2,1-2H3. The largest absolute Gasteiger partial charge is 0.324 e. The van der Waals surface area contributed by atoms with E-state index in [2.05, 4.69) is 27.7 Å². The van der Waals surface area contributed by atoms with Crippen molar-refractivity contribution in [1.82, 2.24) is 14.5 Å². The number of hydrogen-bond acceptors (Lipinski definition) is 2. The molecular weight excluding hydrogens is 186 g/mol. The highest BCUT2D eigenvalue weighted by atomic mass is 15.2. The lowest BCUT2D eigenvalue weighted by Crippen LogP contribution is -2.32. The van der Waals surface area contributed by atoms with Crippen molar-refractivity contribution in [1.29, 1.82) is 0 Å². The summed E-state index contributed by atoms with van der Waals surface area (Å²) in [4.78, 5) is 6.75. The molecule has 1 aliphatic rings. The second kappa shape index (κ2) is 4.79. The smallest absolute Gasteiger partial charge is 0.176 e. The Morgan fingerprint density at radius 3 is 2.47 bits per heavy atom. The molecule has 0 N–H and O–H groups in total. The lowest BCUT2D eigenvalue weighted by molar-refractivity contribution is 0.220. The monoisotopic (exact) mass is 206 g/mol. The van der Waals surface area contributed by atoms with Gasteiger partial charge in [-0.05, 0) is 39.8 Å². The molecule has 1 fully saturated rings. The molecule has 0 saturated carbocycles. The maximum atomic E-state index is 4.20. The molecule has 1 aromatic rings. The van der Waals surface area contributed by atoms with E-state index in [4.69, 9.17) is 0 Å². The molecule has 83 valence electrons. The topological polar surface area (TPSA) is 21.1 Å². The van der Waals surface area contributed by atoms with E-state index < -0.39 is 0 Å². The second-order valence-electron chi connectivity index (χ2n) is 4.44. The van der Waals surface area contributed by atoms with E-state index in [0.717, 1.165) is 18.8 Å². The van der Waals surface area contributed by atoms with Crippen LogP contribution in [-0.4, -0.2) is 34.1 Å².